The quantitative estimate of drug-likeness (QED) is 0.627. The zero-order chi connectivity index (χ0) is 10.3. The van der Waals surface area contributed by atoms with Crippen LogP contribution in [0.1, 0.15) is 0 Å². The maximum Gasteiger partial charge on any atom is 0.232 e. The van der Waals surface area contributed by atoms with E-state index in [1.807, 2.05) is 24.3 Å². The molecule has 2 heterocycles. The number of rotatable bonds is 1. The molecular weight excluding hydrogens is 192 g/mol. The first-order valence-electron chi connectivity index (χ1n) is 4.49. The number of para-hydroxylation sites is 2. The Morgan fingerprint density at radius 3 is 2.87 bits per heavy atom. The van der Waals surface area contributed by atoms with Crippen molar-refractivity contribution >= 4 is 16.9 Å². The second-order valence-electron chi connectivity index (χ2n) is 3.18. The van der Waals surface area contributed by atoms with Gasteiger partial charge in [0.2, 0.25) is 5.89 Å². The highest BCUT2D eigenvalue weighted by Gasteiger charge is 2.11. The molecule has 0 fully saturated rings. The lowest BCUT2D eigenvalue weighted by Crippen LogP contribution is -1.87. The molecule has 5 heteroatoms. The van der Waals surface area contributed by atoms with Crippen LogP contribution in [0, 0.1) is 0 Å². The van der Waals surface area contributed by atoms with Gasteiger partial charge in [-0.2, -0.15) is 5.10 Å². The maximum absolute atomic E-state index is 5.68. The van der Waals surface area contributed by atoms with Crippen molar-refractivity contribution in [2.75, 3.05) is 5.73 Å². The maximum atomic E-state index is 5.68. The predicted molar refractivity (Wildman–Crippen MR) is 56.0 cm³/mol. The summed E-state index contributed by atoms with van der Waals surface area (Å²) < 4.78 is 5.54. The molecule has 3 N–H and O–H groups in total. The van der Waals surface area contributed by atoms with Crippen molar-refractivity contribution in [2.24, 2.45) is 0 Å². The zero-order valence-electron chi connectivity index (χ0n) is 7.77. The lowest BCUT2D eigenvalue weighted by Gasteiger charge is -1.89. The molecule has 0 aliphatic rings. The molecule has 0 saturated carbocycles. The van der Waals surface area contributed by atoms with E-state index in [-0.39, 0.29) is 0 Å². The Hall–Kier alpha value is -2.30. The third-order valence-electron chi connectivity index (χ3n) is 2.19. The van der Waals surface area contributed by atoms with Crippen molar-refractivity contribution in [3.63, 3.8) is 0 Å². The Balaban J connectivity index is 2.24. The van der Waals surface area contributed by atoms with Crippen LogP contribution in [0.4, 0.5) is 5.82 Å². The van der Waals surface area contributed by atoms with Crippen LogP contribution in [0.3, 0.4) is 0 Å². The lowest BCUT2D eigenvalue weighted by atomic mass is 10.3. The van der Waals surface area contributed by atoms with E-state index in [2.05, 4.69) is 15.2 Å². The summed E-state index contributed by atoms with van der Waals surface area (Å²) in [5.74, 6) is 0.948. The highest BCUT2D eigenvalue weighted by Crippen LogP contribution is 2.26. The molecule has 0 aliphatic carbocycles. The van der Waals surface area contributed by atoms with Gasteiger partial charge in [0.1, 0.15) is 11.3 Å². The molecule has 0 unspecified atom stereocenters. The number of hydrogen-bond donors (Lipinski definition) is 2. The second-order valence-corrected chi connectivity index (χ2v) is 3.18. The summed E-state index contributed by atoms with van der Waals surface area (Å²) in [6, 6.07) is 7.56. The normalized spacial score (nSPS) is 10.9. The summed E-state index contributed by atoms with van der Waals surface area (Å²) in [6.45, 7) is 0. The number of oxazole rings is 1. The molecule has 3 aromatic rings. The minimum atomic E-state index is 0.460. The van der Waals surface area contributed by atoms with E-state index >= 15 is 0 Å². The van der Waals surface area contributed by atoms with Gasteiger partial charge in [0.05, 0.1) is 11.8 Å². The van der Waals surface area contributed by atoms with Gasteiger partial charge in [-0.1, -0.05) is 12.1 Å². The van der Waals surface area contributed by atoms with Gasteiger partial charge in [0, 0.05) is 0 Å². The number of nitrogen functional groups attached to an aromatic ring is 1. The molecule has 0 radical (unpaired) electrons. The highest BCUT2D eigenvalue weighted by molar-refractivity contribution is 5.78. The van der Waals surface area contributed by atoms with E-state index in [0.717, 1.165) is 11.1 Å². The molecule has 15 heavy (non-hydrogen) atoms. The van der Waals surface area contributed by atoms with Crippen molar-refractivity contribution in [2.45, 2.75) is 0 Å². The summed E-state index contributed by atoms with van der Waals surface area (Å²) in [5, 5.41) is 6.46. The van der Waals surface area contributed by atoms with Gasteiger partial charge in [-0.3, -0.25) is 5.10 Å². The van der Waals surface area contributed by atoms with E-state index in [4.69, 9.17) is 10.2 Å². The van der Waals surface area contributed by atoms with Crippen LogP contribution in [0.2, 0.25) is 0 Å². The SMILES string of the molecule is Nc1[nH]ncc1-c1nc2ccccc2o1. The average molecular weight is 200 g/mol. The number of fused-ring (bicyclic) bond motifs is 1. The smallest absolute Gasteiger partial charge is 0.232 e. The average Bonchev–Trinajstić information content (AvgIpc) is 2.82. The van der Waals surface area contributed by atoms with Crippen molar-refractivity contribution in [3.05, 3.63) is 30.5 Å². The molecule has 0 aliphatic heterocycles. The summed E-state index contributed by atoms with van der Waals surface area (Å²) in [5.41, 5.74) is 7.92. The van der Waals surface area contributed by atoms with Crippen molar-refractivity contribution in [3.8, 4) is 11.5 Å². The van der Waals surface area contributed by atoms with E-state index in [9.17, 15) is 0 Å². The van der Waals surface area contributed by atoms with Crippen LogP contribution in [-0.2, 0) is 0 Å². The number of H-pyrrole nitrogens is 1. The second kappa shape index (κ2) is 2.84. The van der Waals surface area contributed by atoms with Crippen LogP contribution in [-0.4, -0.2) is 15.2 Å². The number of nitrogens with two attached hydrogens (primary N) is 1. The summed E-state index contributed by atoms with van der Waals surface area (Å²) in [7, 11) is 0. The first kappa shape index (κ1) is 8.05. The zero-order valence-corrected chi connectivity index (χ0v) is 7.77. The fourth-order valence-corrected chi connectivity index (χ4v) is 1.45. The van der Waals surface area contributed by atoms with E-state index < -0.39 is 0 Å². The van der Waals surface area contributed by atoms with Crippen molar-refractivity contribution < 1.29 is 4.42 Å². The van der Waals surface area contributed by atoms with Crippen LogP contribution in [0.15, 0.2) is 34.9 Å². The van der Waals surface area contributed by atoms with Crippen LogP contribution < -0.4 is 5.73 Å². The monoisotopic (exact) mass is 200 g/mol. The first-order valence-corrected chi connectivity index (χ1v) is 4.49. The van der Waals surface area contributed by atoms with E-state index in [1.54, 1.807) is 6.20 Å². The Labute approximate surface area is 84.9 Å². The Morgan fingerprint density at radius 2 is 2.13 bits per heavy atom. The minimum Gasteiger partial charge on any atom is -0.436 e. The predicted octanol–water partition coefficient (Wildman–Crippen LogP) is 1.80. The molecule has 0 bridgehead atoms. The van der Waals surface area contributed by atoms with Gasteiger partial charge in [-0.15, -0.1) is 0 Å². The molecule has 0 amide bonds. The van der Waals surface area contributed by atoms with E-state index in [0.29, 0.717) is 17.3 Å². The molecule has 74 valence electrons. The lowest BCUT2D eigenvalue weighted by molar-refractivity contribution is 0.620. The molecule has 1 aromatic carbocycles. The van der Waals surface area contributed by atoms with Crippen LogP contribution >= 0.6 is 0 Å². The number of nitrogens with zero attached hydrogens (tertiary/aromatic N) is 2. The summed E-state index contributed by atoms with van der Waals surface area (Å²) in [6.07, 6.45) is 1.60. The number of aromatic amines is 1. The fourth-order valence-electron chi connectivity index (χ4n) is 1.45. The summed E-state index contributed by atoms with van der Waals surface area (Å²) in [4.78, 5) is 4.31. The van der Waals surface area contributed by atoms with Gasteiger partial charge < -0.3 is 10.2 Å². The van der Waals surface area contributed by atoms with Crippen LogP contribution in [0.25, 0.3) is 22.6 Å². The van der Waals surface area contributed by atoms with Crippen molar-refractivity contribution in [1.29, 1.82) is 0 Å². The van der Waals surface area contributed by atoms with Gasteiger partial charge in [-0.25, -0.2) is 4.98 Å². The number of aromatic nitrogens is 3. The topological polar surface area (TPSA) is 80.7 Å². The molecule has 5 nitrogen and oxygen atoms in total. The molecule has 0 atom stereocenters. The molecule has 3 rings (SSSR count). The van der Waals surface area contributed by atoms with Crippen LogP contribution in [0.5, 0.6) is 0 Å². The third-order valence-corrected chi connectivity index (χ3v) is 2.19. The number of nitrogens with one attached hydrogen (secondary N) is 1. The largest absolute Gasteiger partial charge is 0.436 e. The van der Waals surface area contributed by atoms with Gasteiger partial charge in [0.15, 0.2) is 5.58 Å². The van der Waals surface area contributed by atoms with Gasteiger partial charge in [0.25, 0.3) is 0 Å². The molecule has 0 saturated heterocycles. The number of benzene rings is 1. The first-order chi connectivity index (χ1) is 7.34. The minimum absolute atomic E-state index is 0.460. The molecule has 0 spiro atoms. The third kappa shape index (κ3) is 1.17. The molecular formula is C10H8N4O. The Kier molecular flexibility index (Phi) is 1.53. The van der Waals surface area contributed by atoms with Gasteiger partial charge >= 0.3 is 0 Å². The van der Waals surface area contributed by atoms with Crippen molar-refractivity contribution in [1.82, 2.24) is 15.2 Å². The Bertz CT molecular complexity index is 577. The van der Waals surface area contributed by atoms with Gasteiger partial charge in [-0.05, 0) is 12.1 Å². The summed E-state index contributed by atoms with van der Waals surface area (Å²) >= 11 is 0. The highest BCUT2D eigenvalue weighted by atomic mass is 16.3. The van der Waals surface area contributed by atoms with E-state index in [1.165, 1.54) is 0 Å². The number of hydrogen-bond acceptors (Lipinski definition) is 4. The fraction of sp³-hybridized carbons (Fsp3) is 0. The Morgan fingerprint density at radius 1 is 1.27 bits per heavy atom. The molecule has 2 aromatic heterocycles. The standard InChI is InChI=1S/C10H8N4O/c11-9-6(5-12-14-9)10-13-7-3-1-2-4-8(7)15-10/h1-5H,(H3,11,12,14). The number of anilines is 1.